The van der Waals surface area contributed by atoms with Gasteiger partial charge in [-0.2, -0.15) is 0 Å². The van der Waals surface area contributed by atoms with Gasteiger partial charge in [0.05, 0.1) is 0 Å². The van der Waals surface area contributed by atoms with Crippen molar-refractivity contribution in [1.82, 2.24) is 4.90 Å². The van der Waals surface area contributed by atoms with Crippen LogP contribution in [0.25, 0.3) is 0 Å². The second kappa shape index (κ2) is 3.89. The molecule has 2 fully saturated rings. The largest absolute Gasteiger partial charge is 0.444 e. The summed E-state index contributed by atoms with van der Waals surface area (Å²) in [5.41, 5.74) is -0.454. The van der Waals surface area contributed by atoms with Crippen LogP contribution in [0.1, 0.15) is 27.2 Å². The third kappa shape index (κ3) is 2.65. The highest BCUT2D eigenvalue weighted by molar-refractivity contribution is 5.68. The molecule has 0 aliphatic carbocycles. The Balaban J connectivity index is 1.82. The molecule has 5 nitrogen and oxygen atoms in total. The summed E-state index contributed by atoms with van der Waals surface area (Å²) in [6, 6.07) is 0. The second-order valence-electron chi connectivity index (χ2n) is 5.47. The molecule has 2 saturated heterocycles. The van der Waals surface area contributed by atoms with Crippen LogP contribution in [0.15, 0.2) is 0 Å². The van der Waals surface area contributed by atoms with Gasteiger partial charge in [0.1, 0.15) is 11.7 Å². The maximum atomic E-state index is 11.7. The van der Waals surface area contributed by atoms with Crippen LogP contribution in [-0.2, 0) is 9.47 Å². The van der Waals surface area contributed by atoms with E-state index in [0.29, 0.717) is 13.1 Å². The Hall–Kier alpha value is -0.810. The van der Waals surface area contributed by atoms with Crippen LogP contribution in [0.4, 0.5) is 4.79 Å². The molecule has 1 N–H and O–H groups in total. The lowest BCUT2D eigenvalue weighted by molar-refractivity contribution is 0.0286. The number of amides is 1. The van der Waals surface area contributed by atoms with E-state index in [1.54, 1.807) is 4.90 Å². The number of carbonyl (C=O) groups is 1. The minimum atomic E-state index is -0.622. The van der Waals surface area contributed by atoms with Crippen LogP contribution in [0, 0.1) is 5.92 Å². The van der Waals surface area contributed by atoms with Crippen molar-refractivity contribution in [2.24, 2.45) is 5.92 Å². The van der Waals surface area contributed by atoms with Crippen LogP contribution in [0.3, 0.4) is 0 Å². The first-order valence-corrected chi connectivity index (χ1v) is 5.68. The topological polar surface area (TPSA) is 62.3 Å². The van der Waals surface area contributed by atoms with Gasteiger partial charge in [0.15, 0.2) is 6.29 Å². The van der Waals surface area contributed by atoms with Gasteiger partial charge in [0.25, 0.3) is 0 Å². The zero-order chi connectivity index (χ0) is 11.9. The number of epoxide rings is 1. The Morgan fingerprint density at radius 1 is 1.50 bits per heavy atom. The van der Waals surface area contributed by atoms with Crippen LogP contribution >= 0.6 is 0 Å². The van der Waals surface area contributed by atoms with Gasteiger partial charge in [-0.3, -0.25) is 0 Å². The molecule has 0 aromatic rings. The molecule has 0 spiro atoms. The Kier molecular flexibility index (Phi) is 2.84. The summed E-state index contributed by atoms with van der Waals surface area (Å²) < 4.78 is 10.3. The third-order valence-corrected chi connectivity index (χ3v) is 2.84. The molecule has 5 heteroatoms. The highest BCUT2D eigenvalue weighted by atomic mass is 16.7. The number of nitrogens with zero attached hydrogens (tertiary/aromatic N) is 1. The molecule has 16 heavy (non-hydrogen) atoms. The van der Waals surface area contributed by atoms with Gasteiger partial charge in [-0.25, -0.2) is 4.79 Å². The lowest BCUT2D eigenvalue weighted by Crippen LogP contribution is -2.35. The summed E-state index contributed by atoms with van der Waals surface area (Å²) >= 11 is 0. The van der Waals surface area contributed by atoms with Crippen molar-refractivity contribution in [1.29, 1.82) is 0 Å². The zero-order valence-electron chi connectivity index (χ0n) is 9.97. The summed E-state index contributed by atoms with van der Waals surface area (Å²) in [6.07, 6.45) is -0.0952. The molecule has 2 aliphatic heterocycles. The predicted molar refractivity (Wildman–Crippen MR) is 56.8 cm³/mol. The SMILES string of the molecule is CC(C)(C)OC(=O)N1CC[C@H](C2OC2O)C1. The van der Waals surface area contributed by atoms with E-state index < -0.39 is 11.9 Å². The molecule has 0 saturated carbocycles. The number of carbonyl (C=O) groups excluding carboxylic acids is 1. The molecule has 0 bridgehead atoms. The Bertz CT molecular complexity index is 286. The average Bonchev–Trinajstić information content (AvgIpc) is 2.69. The third-order valence-electron chi connectivity index (χ3n) is 2.84. The lowest BCUT2D eigenvalue weighted by atomic mass is 10.1. The molecular weight excluding hydrogens is 210 g/mol. The molecule has 2 rings (SSSR count). The summed E-state index contributed by atoms with van der Waals surface area (Å²) in [5.74, 6) is 0.252. The fourth-order valence-corrected chi connectivity index (χ4v) is 2.01. The second-order valence-corrected chi connectivity index (χ2v) is 5.47. The number of hydrogen-bond acceptors (Lipinski definition) is 4. The van der Waals surface area contributed by atoms with Crippen molar-refractivity contribution in [2.75, 3.05) is 13.1 Å². The van der Waals surface area contributed by atoms with Gasteiger partial charge in [-0.15, -0.1) is 0 Å². The number of ether oxygens (including phenoxy) is 2. The van der Waals surface area contributed by atoms with Crippen molar-refractivity contribution in [2.45, 2.75) is 45.2 Å². The van der Waals surface area contributed by atoms with E-state index in [-0.39, 0.29) is 18.1 Å². The summed E-state index contributed by atoms with van der Waals surface area (Å²) in [4.78, 5) is 13.4. The fraction of sp³-hybridized carbons (Fsp3) is 0.909. The smallest absolute Gasteiger partial charge is 0.410 e. The molecule has 0 aromatic heterocycles. The van der Waals surface area contributed by atoms with Gasteiger partial charge < -0.3 is 19.5 Å². The van der Waals surface area contributed by atoms with Crippen molar-refractivity contribution in [3.63, 3.8) is 0 Å². The Morgan fingerprint density at radius 3 is 2.62 bits per heavy atom. The molecule has 2 aliphatic rings. The van der Waals surface area contributed by atoms with Crippen molar-refractivity contribution >= 4 is 6.09 Å². The highest BCUT2D eigenvalue weighted by Crippen LogP contribution is 2.33. The van der Waals surface area contributed by atoms with E-state index in [0.717, 1.165) is 6.42 Å². The monoisotopic (exact) mass is 229 g/mol. The number of rotatable bonds is 1. The summed E-state index contributed by atoms with van der Waals surface area (Å²) in [6.45, 7) is 6.87. The molecule has 2 unspecified atom stereocenters. The van der Waals surface area contributed by atoms with Gasteiger partial charge in [-0.05, 0) is 27.2 Å². The lowest BCUT2D eigenvalue weighted by Gasteiger charge is -2.24. The van der Waals surface area contributed by atoms with E-state index in [1.165, 1.54) is 0 Å². The van der Waals surface area contributed by atoms with Crippen LogP contribution < -0.4 is 0 Å². The van der Waals surface area contributed by atoms with Gasteiger partial charge >= 0.3 is 6.09 Å². The zero-order valence-corrected chi connectivity index (χ0v) is 9.97. The quantitative estimate of drug-likeness (QED) is 0.680. The van der Waals surface area contributed by atoms with Crippen LogP contribution in [-0.4, -0.2) is 47.2 Å². The first kappa shape index (κ1) is 11.7. The number of likely N-dealkylation sites (tertiary alicyclic amines) is 1. The summed E-state index contributed by atoms with van der Waals surface area (Å²) in [7, 11) is 0. The molecule has 1 amide bonds. The fourth-order valence-electron chi connectivity index (χ4n) is 2.01. The molecule has 0 radical (unpaired) electrons. The molecule has 0 aromatic carbocycles. The minimum absolute atomic E-state index is 0.0764. The van der Waals surface area contributed by atoms with E-state index in [2.05, 4.69) is 0 Å². The average molecular weight is 229 g/mol. The minimum Gasteiger partial charge on any atom is -0.444 e. The first-order chi connectivity index (χ1) is 7.37. The van der Waals surface area contributed by atoms with E-state index in [9.17, 15) is 4.79 Å². The standard InChI is InChI=1S/C11H19NO4/c1-11(2,3)16-10(14)12-5-4-7(6-12)8-9(13)15-8/h7-9,13H,4-6H2,1-3H3/t7-,8?,9?/m0/s1. The molecule has 92 valence electrons. The summed E-state index contributed by atoms with van der Waals surface area (Å²) in [5, 5.41) is 9.14. The van der Waals surface area contributed by atoms with E-state index in [4.69, 9.17) is 14.6 Å². The number of aliphatic hydroxyl groups is 1. The van der Waals surface area contributed by atoms with Crippen LogP contribution in [0.5, 0.6) is 0 Å². The van der Waals surface area contributed by atoms with Gasteiger partial charge in [0, 0.05) is 19.0 Å². The number of aliphatic hydroxyl groups excluding tert-OH is 1. The number of hydrogen-bond donors (Lipinski definition) is 1. The van der Waals surface area contributed by atoms with Crippen molar-refractivity contribution in [3.8, 4) is 0 Å². The molecule has 2 heterocycles. The van der Waals surface area contributed by atoms with Gasteiger partial charge in [-0.1, -0.05) is 0 Å². The highest BCUT2D eigenvalue weighted by Gasteiger charge is 2.47. The maximum Gasteiger partial charge on any atom is 0.410 e. The molecular formula is C11H19NO4. The van der Waals surface area contributed by atoms with Gasteiger partial charge in [0.2, 0.25) is 0 Å². The maximum absolute atomic E-state index is 11.7. The first-order valence-electron chi connectivity index (χ1n) is 5.68. The van der Waals surface area contributed by atoms with Crippen LogP contribution in [0.2, 0.25) is 0 Å². The van der Waals surface area contributed by atoms with Crippen molar-refractivity contribution < 1.29 is 19.4 Å². The Morgan fingerprint density at radius 2 is 2.12 bits per heavy atom. The predicted octanol–water partition coefficient (Wildman–Crippen LogP) is 0.961. The normalized spacial score (nSPS) is 34.0. The molecule has 3 atom stereocenters. The van der Waals surface area contributed by atoms with Crippen molar-refractivity contribution in [3.05, 3.63) is 0 Å². The Labute approximate surface area is 95.3 Å². The van der Waals surface area contributed by atoms with E-state index in [1.807, 2.05) is 20.8 Å². The van der Waals surface area contributed by atoms with E-state index >= 15 is 0 Å².